The molecule has 2 rings (SSSR count). The molecule has 1 aromatic heterocycles. The van der Waals surface area contributed by atoms with Crippen LogP contribution in [0.3, 0.4) is 0 Å². The number of rotatable bonds is 4. The first-order valence-corrected chi connectivity index (χ1v) is 6.29. The molecule has 0 unspecified atom stereocenters. The Labute approximate surface area is 117 Å². The van der Waals surface area contributed by atoms with Crippen molar-refractivity contribution in [3.05, 3.63) is 38.8 Å². The van der Waals surface area contributed by atoms with Crippen molar-refractivity contribution in [3.8, 4) is 5.75 Å². The van der Waals surface area contributed by atoms with E-state index in [9.17, 15) is 4.79 Å². The number of hydrogen-bond donors (Lipinski definition) is 1. The van der Waals surface area contributed by atoms with Crippen LogP contribution in [0.4, 0.5) is 0 Å². The molecule has 18 heavy (non-hydrogen) atoms. The molecule has 0 saturated heterocycles. The third-order valence-electron chi connectivity index (χ3n) is 2.08. The summed E-state index contributed by atoms with van der Waals surface area (Å²) < 4.78 is 9.56. The lowest BCUT2D eigenvalue weighted by atomic mass is 10.2. The zero-order valence-electron chi connectivity index (χ0n) is 8.89. The summed E-state index contributed by atoms with van der Waals surface area (Å²) in [5, 5.41) is 4.20. The highest BCUT2D eigenvalue weighted by molar-refractivity contribution is 7.10. The lowest BCUT2D eigenvalue weighted by molar-refractivity contribution is 0.0996. The molecule has 0 radical (unpaired) electrons. The van der Waals surface area contributed by atoms with Gasteiger partial charge in [0.05, 0.1) is 5.56 Å². The van der Waals surface area contributed by atoms with Gasteiger partial charge in [0.2, 0.25) is 0 Å². The van der Waals surface area contributed by atoms with Crippen molar-refractivity contribution >= 4 is 40.6 Å². The van der Waals surface area contributed by atoms with E-state index < -0.39 is 5.91 Å². The number of halogens is 2. The van der Waals surface area contributed by atoms with Gasteiger partial charge < -0.3 is 10.5 Å². The van der Waals surface area contributed by atoms with Crippen LogP contribution in [0.2, 0.25) is 9.36 Å². The van der Waals surface area contributed by atoms with Gasteiger partial charge in [-0.05, 0) is 18.2 Å². The van der Waals surface area contributed by atoms with Crippen LogP contribution < -0.4 is 10.5 Å². The summed E-state index contributed by atoms with van der Waals surface area (Å²) in [4.78, 5) is 11.2. The molecule has 2 N–H and O–H groups in total. The second kappa shape index (κ2) is 5.51. The fraction of sp³-hybridized carbons (Fsp3) is 0.100. The second-order valence-corrected chi connectivity index (χ2v) is 5.08. The molecule has 1 aromatic carbocycles. The zero-order valence-corrected chi connectivity index (χ0v) is 11.2. The molecule has 1 amide bonds. The third-order valence-corrected chi connectivity index (χ3v) is 3.30. The smallest absolute Gasteiger partial charge is 0.252 e. The van der Waals surface area contributed by atoms with E-state index in [1.54, 1.807) is 12.1 Å². The number of primary amides is 1. The number of nitrogens with two attached hydrogens (primary N) is 1. The molecular weight excluding hydrogens is 297 g/mol. The first kappa shape index (κ1) is 13.1. The second-order valence-electron chi connectivity index (χ2n) is 3.29. The number of carbonyl (C=O) groups is 1. The number of nitrogens with zero attached hydrogens (tertiary/aromatic N) is 2. The quantitative estimate of drug-likeness (QED) is 0.941. The first-order chi connectivity index (χ1) is 8.58. The van der Waals surface area contributed by atoms with E-state index >= 15 is 0 Å². The number of benzene rings is 1. The molecule has 0 aliphatic heterocycles. The maximum absolute atomic E-state index is 11.2. The Morgan fingerprint density at radius 3 is 2.83 bits per heavy atom. The van der Waals surface area contributed by atoms with Gasteiger partial charge in [0.15, 0.2) is 0 Å². The van der Waals surface area contributed by atoms with Crippen molar-refractivity contribution in [1.29, 1.82) is 0 Å². The molecule has 0 aliphatic rings. The van der Waals surface area contributed by atoms with E-state index in [-0.39, 0.29) is 12.2 Å². The van der Waals surface area contributed by atoms with Crippen molar-refractivity contribution in [2.75, 3.05) is 0 Å². The summed E-state index contributed by atoms with van der Waals surface area (Å²) in [6.07, 6.45) is 0. The molecule has 2 aromatic rings. The average Bonchev–Trinajstić information content (AvgIpc) is 2.73. The molecule has 5 nitrogen and oxygen atoms in total. The molecule has 0 atom stereocenters. The van der Waals surface area contributed by atoms with E-state index in [0.717, 1.165) is 11.5 Å². The maximum atomic E-state index is 11.2. The highest BCUT2D eigenvalue weighted by atomic mass is 35.5. The van der Waals surface area contributed by atoms with Crippen molar-refractivity contribution in [3.63, 3.8) is 0 Å². The van der Waals surface area contributed by atoms with Gasteiger partial charge in [-0.15, -0.1) is 5.10 Å². The van der Waals surface area contributed by atoms with Gasteiger partial charge in [-0.2, -0.15) is 0 Å². The fourth-order valence-corrected chi connectivity index (χ4v) is 2.02. The van der Waals surface area contributed by atoms with Crippen molar-refractivity contribution in [1.82, 2.24) is 9.59 Å². The van der Waals surface area contributed by atoms with Gasteiger partial charge >= 0.3 is 0 Å². The molecule has 1 heterocycles. The molecule has 0 fully saturated rings. The van der Waals surface area contributed by atoms with Crippen molar-refractivity contribution in [2.24, 2.45) is 5.73 Å². The van der Waals surface area contributed by atoms with E-state index in [1.807, 2.05) is 0 Å². The Kier molecular flexibility index (Phi) is 4.00. The molecule has 0 aliphatic carbocycles. The molecule has 94 valence electrons. The topological polar surface area (TPSA) is 78.1 Å². The number of hydrogen-bond acceptors (Lipinski definition) is 5. The minimum Gasteiger partial charge on any atom is -0.486 e. The Morgan fingerprint density at radius 2 is 2.22 bits per heavy atom. The van der Waals surface area contributed by atoms with Gasteiger partial charge in [-0.25, -0.2) is 0 Å². The predicted octanol–water partition coefficient (Wildman–Crippen LogP) is 2.52. The fourth-order valence-electron chi connectivity index (χ4n) is 1.25. The SMILES string of the molecule is NC(=O)c1cc(Cl)ccc1OCc1nnsc1Cl. The number of carbonyl (C=O) groups excluding carboxylic acids is 1. The summed E-state index contributed by atoms with van der Waals surface area (Å²) in [5.41, 5.74) is 5.95. The number of aromatic nitrogens is 2. The summed E-state index contributed by atoms with van der Waals surface area (Å²) in [7, 11) is 0. The number of ether oxygens (including phenoxy) is 1. The van der Waals surface area contributed by atoms with Gasteiger partial charge in [-0.1, -0.05) is 27.7 Å². The highest BCUT2D eigenvalue weighted by Gasteiger charge is 2.12. The standard InChI is InChI=1S/C10H7Cl2N3O2S/c11-5-1-2-8(6(3-5)10(13)16)17-4-7-9(12)18-15-14-7/h1-3H,4H2,(H2,13,16). The normalized spacial score (nSPS) is 10.3. The molecular formula is C10H7Cl2N3O2S. The van der Waals surface area contributed by atoms with E-state index in [2.05, 4.69) is 9.59 Å². The van der Waals surface area contributed by atoms with Gasteiger partial charge in [0.1, 0.15) is 22.4 Å². The summed E-state index contributed by atoms with van der Waals surface area (Å²) in [6.45, 7) is 0.108. The monoisotopic (exact) mass is 303 g/mol. The molecule has 8 heteroatoms. The predicted molar refractivity (Wildman–Crippen MR) is 69.2 cm³/mol. The lowest BCUT2D eigenvalue weighted by Gasteiger charge is -2.08. The van der Waals surface area contributed by atoms with Crippen LogP contribution in [0.15, 0.2) is 18.2 Å². The van der Waals surface area contributed by atoms with Crippen LogP contribution in [0.25, 0.3) is 0 Å². The molecule has 0 saturated carbocycles. The largest absolute Gasteiger partial charge is 0.486 e. The van der Waals surface area contributed by atoms with Crippen LogP contribution in [-0.4, -0.2) is 15.5 Å². The third kappa shape index (κ3) is 2.90. The van der Waals surface area contributed by atoms with Crippen LogP contribution in [0.5, 0.6) is 5.75 Å². The average molecular weight is 304 g/mol. The highest BCUT2D eigenvalue weighted by Crippen LogP contribution is 2.25. The molecule has 0 bridgehead atoms. The van der Waals surface area contributed by atoms with Crippen molar-refractivity contribution < 1.29 is 9.53 Å². The Balaban J connectivity index is 2.19. The van der Waals surface area contributed by atoms with E-state index in [0.29, 0.717) is 20.8 Å². The van der Waals surface area contributed by atoms with E-state index in [1.165, 1.54) is 6.07 Å². The van der Waals surface area contributed by atoms with Crippen LogP contribution in [0, 0.1) is 0 Å². The van der Waals surface area contributed by atoms with Crippen LogP contribution in [-0.2, 0) is 6.61 Å². The van der Waals surface area contributed by atoms with Gasteiger partial charge in [0.25, 0.3) is 5.91 Å². The zero-order chi connectivity index (χ0) is 13.1. The summed E-state index contributed by atoms with van der Waals surface area (Å²) >= 11 is 12.7. The Morgan fingerprint density at radius 1 is 1.44 bits per heavy atom. The Bertz CT molecular complexity index is 588. The lowest BCUT2D eigenvalue weighted by Crippen LogP contribution is -2.13. The van der Waals surface area contributed by atoms with Crippen LogP contribution >= 0.6 is 34.7 Å². The molecule has 0 spiro atoms. The van der Waals surface area contributed by atoms with E-state index in [4.69, 9.17) is 33.7 Å². The first-order valence-electron chi connectivity index (χ1n) is 4.77. The summed E-state index contributed by atoms with van der Waals surface area (Å²) in [5.74, 6) is -0.286. The van der Waals surface area contributed by atoms with Gasteiger partial charge in [-0.3, -0.25) is 4.79 Å². The summed E-state index contributed by atoms with van der Waals surface area (Å²) in [6, 6.07) is 4.61. The maximum Gasteiger partial charge on any atom is 0.252 e. The minimum absolute atomic E-state index is 0.108. The van der Waals surface area contributed by atoms with Crippen LogP contribution in [0.1, 0.15) is 16.1 Å². The minimum atomic E-state index is -0.616. The van der Waals surface area contributed by atoms with Gasteiger partial charge in [0, 0.05) is 16.6 Å². The number of amides is 1. The Hall–Kier alpha value is -1.37. The van der Waals surface area contributed by atoms with Crippen molar-refractivity contribution in [2.45, 2.75) is 6.61 Å².